The summed E-state index contributed by atoms with van der Waals surface area (Å²) in [5.74, 6) is 0.950. The molecule has 0 atom stereocenters. The Bertz CT molecular complexity index is 850. The van der Waals surface area contributed by atoms with E-state index < -0.39 is 10.0 Å². The molecule has 2 aromatic rings. The van der Waals surface area contributed by atoms with Crippen LogP contribution in [0.3, 0.4) is 0 Å². The molecule has 2 rings (SSSR count). The first kappa shape index (κ1) is 21.7. The van der Waals surface area contributed by atoms with Crippen molar-refractivity contribution in [3.63, 3.8) is 0 Å². The van der Waals surface area contributed by atoms with Crippen LogP contribution in [0.4, 0.5) is 0 Å². The van der Waals surface area contributed by atoms with Gasteiger partial charge in [-0.15, -0.1) is 18.3 Å². The van der Waals surface area contributed by atoms with Gasteiger partial charge in [0.25, 0.3) is 0 Å². The summed E-state index contributed by atoms with van der Waals surface area (Å²) in [5, 5.41) is 8.82. The topological polar surface area (TPSA) is 72.2 Å². The van der Waals surface area contributed by atoms with Crippen LogP contribution in [0.1, 0.15) is 36.5 Å². The molecule has 0 saturated heterocycles. The third-order valence-corrected chi connectivity index (χ3v) is 6.28. The molecule has 6 heteroatoms. The Morgan fingerprint density at radius 1 is 1.19 bits per heavy atom. The fourth-order valence-electron chi connectivity index (χ4n) is 2.78. The molecule has 2 aromatic carbocycles. The second-order valence-electron chi connectivity index (χ2n) is 6.40. The van der Waals surface area contributed by atoms with Crippen LogP contribution in [0.15, 0.2) is 64.9 Å². The Morgan fingerprint density at radius 3 is 2.56 bits per heavy atom. The van der Waals surface area contributed by atoms with E-state index in [-0.39, 0.29) is 4.90 Å². The Balaban J connectivity index is 2.48. The number of hydrogen-bond donors (Lipinski definition) is 2. The zero-order chi connectivity index (χ0) is 19.7. The molecule has 0 aromatic heterocycles. The van der Waals surface area contributed by atoms with Crippen molar-refractivity contribution < 1.29 is 8.42 Å². The first-order valence-corrected chi connectivity index (χ1v) is 11.7. The van der Waals surface area contributed by atoms with Gasteiger partial charge in [-0.05, 0) is 47.4 Å². The Labute approximate surface area is 167 Å². The summed E-state index contributed by atoms with van der Waals surface area (Å²) in [7, 11) is -3.82. The molecule has 146 valence electrons. The van der Waals surface area contributed by atoms with E-state index in [1.54, 1.807) is 23.9 Å². The van der Waals surface area contributed by atoms with Gasteiger partial charge in [0, 0.05) is 18.0 Å². The molecule has 3 N–H and O–H groups in total. The highest BCUT2D eigenvalue weighted by molar-refractivity contribution is 7.99. The third-order valence-electron chi connectivity index (χ3n) is 4.13. The van der Waals surface area contributed by atoms with Crippen LogP contribution in [0.2, 0.25) is 0 Å². The lowest BCUT2D eigenvalue weighted by molar-refractivity contribution is 0.596. The summed E-state index contributed by atoms with van der Waals surface area (Å²) in [4.78, 5) is 1.22. The van der Waals surface area contributed by atoms with Gasteiger partial charge in [0.2, 0.25) is 10.0 Å². The normalized spacial score (nSPS) is 11.5. The van der Waals surface area contributed by atoms with Crippen molar-refractivity contribution in [3.8, 4) is 0 Å². The molecule has 0 unspecified atom stereocenters. The highest BCUT2D eigenvalue weighted by Crippen LogP contribution is 2.32. The maximum atomic E-state index is 12.3. The molecule has 0 aliphatic carbocycles. The minimum Gasteiger partial charge on any atom is -0.309 e. The molecule has 0 saturated carbocycles. The summed E-state index contributed by atoms with van der Waals surface area (Å²) >= 11 is 1.71. The molecule has 0 spiro atoms. The molecule has 27 heavy (non-hydrogen) atoms. The van der Waals surface area contributed by atoms with E-state index in [9.17, 15) is 8.42 Å². The number of unbranched alkanes of at least 4 members (excludes halogenated alkanes) is 1. The first-order chi connectivity index (χ1) is 13.0. The second kappa shape index (κ2) is 10.7. The molecular weight excluding hydrogens is 376 g/mol. The molecule has 0 fully saturated rings. The van der Waals surface area contributed by atoms with Crippen LogP contribution in [0.5, 0.6) is 0 Å². The molecule has 0 aliphatic heterocycles. The van der Waals surface area contributed by atoms with Crippen molar-refractivity contribution in [1.29, 1.82) is 0 Å². The van der Waals surface area contributed by atoms with Gasteiger partial charge in [0.15, 0.2) is 0 Å². The second-order valence-corrected chi connectivity index (χ2v) is 9.07. The predicted molar refractivity (Wildman–Crippen MR) is 115 cm³/mol. The molecule has 0 radical (unpaired) electrons. The lowest BCUT2D eigenvalue weighted by Gasteiger charge is -2.16. The minimum absolute atomic E-state index is 0.225. The van der Waals surface area contributed by atoms with Crippen molar-refractivity contribution in [2.24, 2.45) is 5.14 Å². The van der Waals surface area contributed by atoms with E-state index in [0.29, 0.717) is 19.5 Å². The number of nitrogens with two attached hydrogens (primary N) is 1. The van der Waals surface area contributed by atoms with E-state index in [1.807, 2.05) is 30.3 Å². The fourth-order valence-corrected chi connectivity index (χ4v) is 4.93. The van der Waals surface area contributed by atoms with Crippen molar-refractivity contribution in [1.82, 2.24) is 5.32 Å². The van der Waals surface area contributed by atoms with Crippen LogP contribution in [-0.4, -0.2) is 20.7 Å². The maximum Gasteiger partial charge on any atom is 0.238 e. The number of benzene rings is 2. The molecule has 0 amide bonds. The van der Waals surface area contributed by atoms with E-state index in [0.717, 1.165) is 40.2 Å². The SMILES string of the molecule is C=CCNCc1cc(SCCCC)c(Cc2ccccc2)c(S(N)(=O)=O)c1. The van der Waals surface area contributed by atoms with Crippen LogP contribution >= 0.6 is 11.8 Å². The molecule has 0 aliphatic rings. The number of rotatable bonds is 11. The zero-order valence-electron chi connectivity index (χ0n) is 15.8. The van der Waals surface area contributed by atoms with Crippen LogP contribution in [0, 0.1) is 0 Å². The summed E-state index contributed by atoms with van der Waals surface area (Å²) in [6.45, 7) is 7.08. The van der Waals surface area contributed by atoms with Gasteiger partial charge < -0.3 is 5.32 Å². The summed E-state index contributed by atoms with van der Waals surface area (Å²) in [6, 6.07) is 13.7. The largest absolute Gasteiger partial charge is 0.309 e. The minimum atomic E-state index is -3.82. The Morgan fingerprint density at radius 2 is 1.93 bits per heavy atom. The molecular formula is C21H28N2O2S2. The lowest BCUT2D eigenvalue weighted by Crippen LogP contribution is -2.18. The highest BCUT2D eigenvalue weighted by atomic mass is 32.2. The van der Waals surface area contributed by atoms with E-state index >= 15 is 0 Å². The van der Waals surface area contributed by atoms with Crippen molar-refractivity contribution in [2.75, 3.05) is 12.3 Å². The third kappa shape index (κ3) is 6.81. The number of sulfonamides is 1. The van der Waals surface area contributed by atoms with Crippen molar-refractivity contribution in [2.45, 2.75) is 42.5 Å². The van der Waals surface area contributed by atoms with Gasteiger partial charge in [-0.1, -0.05) is 49.8 Å². The fraction of sp³-hybridized carbons (Fsp3) is 0.333. The van der Waals surface area contributed by atoms with Gasteiger partial charge in [0.05, 0.1) is 4.90 Å². The average molecular weight is 405 g/mol. The Kier molecular flexibility index (Phi) is 8.57. The average Bonchev–Trinajstić information content (AvgIpc) is 2.63. The smallest absolute Gasteiger partial charge is 0.238 e. The van der Waals surface area contributed by atoms with Crippen LogP contribution in [0.25, 0.3) is 0 Å². The zero-order valence-corrected chi connectivity index (χ0v) is 17.4. The van der Waals surface area contributed by atoms with Gasteiger partial charge in [0.1, 0.15) is 0 Å². The van der Waals surface area contributed by atoms with Crippen LogP contribution in [-0.2, 0) is 23.0 Å². The quantitative estimate of drug-likeness (QED) is 0.336. The monoisotopic (exact) mass is 404 g/mol. The van der Waals surface area contributed by atoms with Crippen molar-refractivity contribution >= 4 is 21.8 Å². The van der Waals surface area contributed by atoms with Crippen LogP contribution < -0.4 is 10.5 Å². The maximum absolute atomic E-state index is 12.3. The first-order valence-electron chi connectivity index (χ1n) is 9.12. The van der Waals surface area contributed by atoms with Crippen molar-refractivity contribution in [3.05, 3.63) is 71.8 Å². The van der Waals surface area contributed by atoms with Gasteiger partial charge >= 0.3 is 0 Å². The molecule has 4 nitrogen and oxygen atoms in total. The summed E-state index contributed by atoms with van der Waals surface area (Å²) < 4.78 is 24.7. The van der Waals surface area contributed by atoms with Gasteiger partial charge in [-0.25, -0.2) is 13.6 Å². The Hall–Kier alpha value is -1.60. The highest BCUT2D eigenvalue weighted by Gasteiger charge is 2.19. The standard InChI is InChI=1S/C21H28N2O2S2/c1-3-5-12-26-20-14-18(16-23-11-4-2)15-21(27(22,24)25)19(20)13-17-9-7-6-8-10-17/h4,6-10,14-15,23H,2-3,5,11-13,16H2,1H3,(H2,22,24,25). The number of hydrogen-bond acceptors (Lipinski definition) is 4. The number of nitrogens with one attached hydrogen (secondary N) is 1. The lowest BCUT2D eigenvalue weighted by atomic mass is 10.0. The number of thioether (sulfide) groups is 1. The predicted octanol–water partition coefficient (Wildman–Crippen LogP) is 4.09. The van der Waals surface area contributed by atoms with Gasteiger partial charge in [-0.3, -0.25) is 0 Å². The molecule has 0 heterocycles. The number of primary sulfonamides is 1. The van der Waals surface area contributed by atoms with E-state index in [4.69, 9.17) is 5.14 Å². The van der Waals surface area contributed by atoms with E-state index in [2.05, 4.69) is 24.9 Å². The van der Waals surface area contributed by atoms with E-state index in [1.165, 1.54) is 0 Å². The summed E-state index contributed by atoms with van der Waals surface area (Å²) in [6.07, 6.45) is 4.51. The molecule has 0 bridgehead atoms. The van der Waals surface area contributed by atoms with Gasteiger partial charge in [-0.2, -0.15) is 0 Å². The summed E-state index contributed by atoms with van der Waals surface area (Å²) in [5.41, 5.74) is 2.77.